The van der Waals surface area contributed by atoms with Crippen LogP contribution in [0.1, 0.15) is 38.5 Å². The summed E-state index contributed by atoms with van der Waals surface area (Å²) >= 11 is 0. The Morgan fingerprint density at radius 3 is 2.36 bits per heavy atom. The number of aliphatic hydroxyl groups excluding tert-OH is 1. The second-order valence-electron chi connectivity index (χ2n) is 3.56. The highest BCUT2D eigenvalue weighted by molar-refractivity contribution is 4.88. The Kier molecular flexibility index (Phi) is 3.34. The summed E-state index contributed by atoms with van der Waals surface area (Å²) < 4.78 is 0. The lowest BCUT2D eigenvalue weighted by atomic mass is 9.80. The lowest BCUT2D eigenvalue weighted by Crippen LogP contribution is -2.45. The van der Waals surface area contributed by atoms with Crippen molar-refractivity contribution in [1.82, 2.24) is 5.32 Å². The normalized spacial score (nSPS) is 23.5. The molecule has 66 valence electrons. The molecule has 1 fully saturated rings. The molecule has 1 aliphatic rings. The number of nitrogens with one attached hydrogen (secondary N) is 1. The molecule has 11 heavy (non-hydrogen) atoms. The molecule has 0 aromatic rings. The lowest BCUT2D eigenvalue weighted by molar-refractivity contribution is 0.174. The molecule has 0 radical (unpaired) electrons. The topological polar surface area (TPSA) is 32.3 Å². The quantitative estimate of drug-likeness (QED) is 0.647. The van der Waals surface area contributed by atoms with Crippen LogP contribution < -0.4 is 5.32 Å². The van der Waals surface area contributed by atoms with Crippen LogP contribution >= 0.6 is 0 Å². The van der Waals surface area contributed by atoms with Crippen LogP contribution in [0.2, 0.25) is 0 Å². The van der Waals surface area contributed by atoms with Gasteiger partial charge in [0, 0.05) is 12.1 Å². The number of hydrogen-bond donors (Lipinski definition) is 2. The molecule has 0 aromatic carbocycles. The van der Waals surface area contributed by atoms with Gasteiger partial charge in [0.15, 0.2) is 0 Å². The zero-order chi connectivity index (χ0) is 8.16. The number of hydrogen-bond acceptors (Lipinski definition) is 2. The van der Waals surface area contributed by atoms with E-state index in [9.17, 15) is 0 Å². The predicted molar refractivity (Wildman–Crippen MR) is 46.6 cm³/mol. The molecule has 2 heteroatoms. The molecule has 1 aliphatic carbocycles. The van der Waals surface area contributed by atoms with Crippen LogP contribution in [0.4, 0.5) is 0 Å². The molecule has 0 amide bonds. The molecule has 1 rings (SSSR count). The van der Waals surface area contributed by atoms with Crippen molar-refractivity contribution in [3.63, 3.8) is 0 Å². The van der Waals surface area contributed by atoms with Crippen LogP contribution in [-0.4, -0.2) is 24.3 Å². The van der Waals surface area contributed by atoms with Gasteiger partial charge in [-0.3, -0.25) is 0 Å². The van der Waals surface area contributed by atoms with Crippen molar-refractivity contribution in [2.24, 2.45) is 0 Å². The molecular weight excluding hydrogens is 138 g/mol. The number of rotatable bonds is 3. The van der Waals surface area contributed by atoms with Gasteiger partial charge in [0.2, 0.25) is 0 Å². The smallest absolute Gasteiger partial charge is 0.0448 e. The van der Waals surface area contributed by atoms with Crippen LogP contribution in [0.3, 0.4) is 0 Å². The van der Waals surface area contributed by atoms with Crippen molar-refractivity contribution >= 4 is 0 Å². The molecule has 0 atom stereocenters. The zero-order valence-electron chi connectivity index (χ0n) is 7.40. The average molecular weight is 157 g/mol. The highest BCUT2D eigenvalue weighted by Crippen LogP contribution is 2.30. The molecule has 0 heterocycles. The molecule has 0 aliphatic heterocycles. The summed E-state index contributed by atoms with van der Waals surface area (Å²) in [6.45, 7) is 0.320. The van der Waals surface area contributed by atoms with Crippen LogP contribution in [0, 0.1) is 0 Å². The molecule has 0 aromatic heterocycles. The molecule has 2 nitrogen and oxygen atoms in total. The van der Waals surface area contributed by atoms with Crippen LogP contribution in [0.5, 0.6) is 0 Å². The molecule has 0 unspecified atom stereocenters. The minimum absolute atomic E-state index is 0.271. The van der Waals surface area contributed by atoms with E-state index in [0.717, 1.165) is 6.42 Å². The van der Waals surface area contributed by atoms with E-state index < -0.39 is 0 Å². The summed E-state index contributed by atoms with van der Waals surface area (Å²) in [4.78, 5) is 0. The van der Waals surface area contributed by atoms with Gasteiger partial charge in [-0.25, -0.2) is 0 Å². The minimum Gasteiger partial charge on any atom is -0.396 e. The van der Waals surface area contributed by atoms with E-state index in [1.54, 1.807) is 0 Å². The molecule has 0 bridgehead atoms. The average Bonchev–Trinajstić information content (AvgIpc) is 2.07. The predicted octanol–water partition coefficient (Wildman–Crippen LogP) is 1.29. The maximum atomic E-state index is 8.87. The highest BCUT2D eigenvalue weighted by Gasteiger charge is 2.28. The SMILES string of the molecule is CNC1(CCO)CCCCC1. The van der Waals surface area contributed by atoms with Gasteiger partial charge in [-0.1, -0.05) is 19.3 Å². The highest BCUT2D eigenvalue weighted by atomic mass is 16.3. The van der Waals surface area contributed by atoms with Crippen molar-refractivity contribution in [1.29, 1.82) is 0 Å². The van der Waals surface area contributed by atoms with E-state index in [2.05, 4.69) is 5.32 Å². The fourth-order valence-electron chi connectivity index (χ4n) is 2.07. The first kappa shape index (κ1) is 9.01. The second-order valence-corrected chi connectivity index (χ2v) is 3.56. The Morgan fingerprint density at radius 1 is 1.27 bits per heavy atom. The van der Waals surface area contributed by atoms with Gasteiger partial charge in [0.25, 0.3) is 0 Å². The van der Waals surface area contributed by atoms with E-state index >= 15 is 0 Å². The van der Waals surface area contributed by atoms with E-state index in [4.69, 9.17) is 5.11 Å². The summed E-state index contributed by atoms with van der Waals surface area (Å²) in [5.74, 6) is 0. The van der Waals surface area contributed by atoms with Crippen molar-refractivity contribution in [3.05, 3.63) is 0 Å². The largest absolute Gasteiger partial charge is 0.396 e. The van der Waals surface area contributed by atoms with Crippen molar-refractivity contribution in [2.45, 2.75) is 44.1 Å². The van der Waals surface area contributed by atoms with Crippen molar-refractivity contribution in [3.8, 4) is 0 Å². The molecule has 2 N–H and O–H groups in total. The third-order valence-corrected chi connectivity index (χ3v) is 2.93. The van der Waals surface area contributed by atoms with Crippen LogP contribution in [0.15, 0.2) is 0 Å². The Balaban J connectivity index is 2.42. The molecule has 1 saturated carbocycles. The number of aliphatic hydroxyl groups is 1. The Labute approximate surface area is 69.0 Å². The van der Waals surface area contributed by atoms with Gasteiger partial charge in [-0.05, 0) is 26.3 Å². The van der Waals surface area contributed by atoms with Crippen LogP contribution in [0.25, 0.3) is 0 Å². The summed E-state index contributed by atoms with van der Waals surface area (Å²) in [7, 11) is 2.01. The third-order valence-electron chi connectivity index (χ3n) is 2.93. The summed E-state index contributed by atoms with van der Waals surface area (Å²) in [6.07, 6.45) is 7.41. The fourth-order valence-corrected chi connectivity index (χ4v) is 2.07. The first-order chi connectivity index (χ1) is 5.33. The summed E-state index contributed by atoms with van der Waals surface area (Å²) in [5.41, 5.74) is 0.271. The molecular formula is C9H19NO. The van der Waals surface area contributed by atoms with E-state index in [1.807, 2.05) is 7.05 Å². The van der Waals surface area contributed by atoms with Gasteiger partial charge in [-0.15, -0.1) is 0 Å². The van der Waals surface area contributed by atoms with E-state index in [0.29, 0.717) is 6.61 Å². The van der Waals surface area contributed by atoms with Gasteiger partial charge >= 0.3 is 0 Å². The summed E-state index contributed by atoms with van der Waals surface area (Å²) in [5, 5.41) is 12.2. The van der Waals surface area contributed by atoms with E-state index in [1.165, 1.54) is 32.1 Å². The first-order valence-corrected chi connectivity index (χ1v) is 4.63. The minimum atomic E-state index is 0.271. The third kappa shape index (κ3) is 2.17. The zero-order valence-corrected chi connectivity index (χ0v) is 7.40. The molecule has 0 spiro atoms. The Morgan fingerprint density at radius 2 is 1.91 bits per heavy atom. The second kappa shape index (κ2) is 4.07. The molecule has 0 saturated heterocycles. The van der Waals surface area contributed by atoms with Crippen molar-refractivity contribution < 1.29 is 5.11 Å². The maximum absolute atomic E-state index is 8.87. The van der Waals surface area contributed by atoms with Crippen molar-refractivity contribution in [2.75, 3.05) is 13.7 Å². The monoisotopic (exact) mass is 157 g/mol. The van der Waals surface area contributed by atoms with Gasteiger partial charge < -0.3 is 10.4 Å². The fraction of sp³-hybridized carbons (Fsp3) is 1.00. The van der Waals surface area contributed by atoms with Crippen LogP contribution in [-0.2, 0) is 0 Å². The van der Waals surface area contributed by atoms with Gasteiger partial charge in [-0.2, -0.15) is 0 Å². The maximum Gasteiger partial charge on any atom is 0.0448 e. The van der Waals surface area contributed by atoms with E-state index in [-0.39, 0.29) is 5.54 Å². The Bertz CT molecular complexity index is 103. The first-order valence-electron chi connectivity index (χ1n) is 4.63. The standard InChI is InChI=1S/C9H19NO/c1-10-9(7-8-11)5-3-2-4-6-9/h10-11H,2-8H2,1H3. The lowest BCUT2D eigenvalue weighted by Gasteiger charge is -2.36. The Hall–Kier alpha value is -0.0800. The van der Waals surface area contributed by atoms with Gasteiger partial charge in [0.1, 0.15) is 0 Å². The summed E-state index contributed by atoms with van der Waals surface area (Å²) in [6, 6.07) is 0. The van der Waals surface area contributed by atoms with Gasteiger partial charge in [0.05, 0.1) is 0 Å².